The van der Waals surface area contributed by atoms with Gasteiger partial charge >= 0.3 is 0 Å². The van der Waals surface area contributed by atoms with E-state index < -0.39 is 16.2 Å². The van der Waals surface area contributed by atoms with Gasteiger partial charge in [-0.25, -0.2) is 0 Å². The molecule has 0 aliphatic rings. The Balaban J connectivity index is 2.00. The maximum atomic E-state index is 6.95. The lowest BCUT2D eigenvalue weighted by Gasteiger charge is -2.40. The Hall–Kier alpha value is -1.80. The van der Waals surface area contributed by atoms with Crippen LogP contribution >= 0.6 is 7.92 Å². The van der Waals surface area contributed by atoms with Gasteiger partial charge in [-0.05, 0) is 48.8 Å². The molecule has 1 heterocycles. The molecule has 4 heteroatoms. The predicted octanol–water partition coefficient (Wildman–Crippen LogP) is 6.28. The minimum atomic E-state index is -1.95. The first-order valence-corrected chi connectivity index (χ1v) is 14.7. The summed E-state index contributed by atoms with van der Waals surface area (Å²) >= 11 is 0. The third-order valence-corrected chi connectivity index (χ3v) is 12.8. The summed E-state index contributed by atoms with van der Waals surface area (Å²) in [7, 11) is -2.49. The van der Waals surface area contributed by atoms with Crippen molar-refractivity contribution in [2.45, 2.75) is 45.0 Å². The second-order valence-electron chi connectivity index (χ2n) is 8.90. The van der Waals surface area contributed by atoms with E-state index >= 15 is 0 Å². The highest BCUT2D eigenvalue weighted by Gasteiger charge is 2.40. The fourth-order valence-electron chi connectivity index (χ4n) is 3.03. The van der Waals surface area contributed by atoms with Crippen LogP contribution in [0.5, 0.6) is 0 Å². The quantitative estimate of drug-likeness (QED) is 0.331. The molecule has 1 aromatic heterocycles. The summed E-state index contributed by atoms with van der Waals surface area (Å²) in [6.07, 6.45) is 2.81. The monoisotopic (exact) mass is 421 g/mol. The lowest BCUT2D eigenvalue weighted by molar-refractivity contribution is 0.202. The minimum absolute atomic E-state index is 0.0105. The molecule has 0 aliphatic heterocycles. The number of benzene rings is 2. The van der Waals surface area contributed by atoms with Crippen LogP contribution in [0.2, 0.25) is 18.1 Å². The fourth-order valence-corrected chi connectivity index (χ4v) is 6.82. The van der Waals surface area contributed by atoms with E-state index in [9.17, 15) is 0 Å². The highest BCUT2D eigenvalue weighted by atomic mass is 31.1. The lowest BCUT2D eigenvalue weighted by atomic mass is 10.2. The summed E-state index contributed by atoms with van der Waals surface area (Å²) in [5.41, 5.74) is 1.04. The van der Waals surface area contributed by atoms with Gasteiger partial charge in [-0.15, -0.1) is 0 Å². The number of rotatable bonds is 7. The molecule has 0 spiro atoms. The Bertz CT molecular complexity index is 839. The maximum Gasteiger partial charge on any atom is 0.193 e. The molecule has 0 bridgehead atoms. The second kappa shape index (κ2) is 9.34. The van der Waals surface area contributed by atoms with Crippen molar-refractivity contribution in [3.63, 3.8) is 0 Å². The standard InChI is InChI=1S/C25H32NOPSi/c1-25(2,3)29(4,5)27-24(23-18-12-13-19-26-23)20-28(21-14-8-6-9-15-21)22-16-10-7-11-17-22/h6-19,24H,20H2,1-5H3/t24-/m0/s1. The van der Waals surface area contributed by atoms with Gasteiger partial charge in [0.25, 0.3) is 0 Å². The van der Waals surface area contributed by atoms with Crippen LogP contribution in [0.1, 0.15) is 32.6 Å². The summed E-state index contributed by atoms with van der Waals surface area (Å²) in [4.78, 5) is 4.69. The van der Waals surface area contributed by atoms with Gasteiger partial charge in [0.2, 0.25) is 0 Å². The Morgan fingerprint density at radius 2 is 1.34 bits per heavy atom. The zero-order valence-electron chi connectivity index (χ0n) is 18.2. The van der Waals surface area contributed by atoms with Crippen LogP contribution in [-0.4, -0.2) is 19.5 Å². The lowest BCUT2D eigenvalue weighted by Crippen LogP contribution is -2.42. The predicted molar refractivity (Wildman–Crippen MR) is 129 cm³/mol. The van der Waals surface area contributed by atoms with Gasteiger partial charge in [-0.3, -0.25) is 4.98 Å². The molecule has 3 rings (SSSR count). The van der Waals surface area contributed by atoms with E-state index in [0.29, 0.717) is 0 Å². The van der Waals surface area contributed by atoms with Gasteiger partial charge in [-0.2, -0.15) is 0 Å². The number of pyridine rings is 1. The van der Waals surface area contributed by atoms with E-state index in [4.69, 9.17) is 9.41 Å². The number of hydrogen-bond donors (Lipinski definition) is 0. The Morgan fingerprint density at radius 3 is 1.79 bits per heavy atom. The molecule has 29 heavy (non-hydrogen) atoms. The largest absolute Gasteiger partial charge is 0.408 e. The van der Waals surface area contributed by atoms with Crippen LogP contribution < -0.4 is 10.6 Å². The zero-order chi connectivity index (χ0) is 20.9. The normalized spacial score (nSPS) is 13.4. The van der Waals surface area contributed by atoms with Crippen LogP contribution in [0.4, 0.5) is 0 Å². The minimum Gasteiger partial charge on any atom is -0.408 e. The Morgan fingerprint density at radius 1 is 0.828 bits per heavy atom. The number of nitrogens with zero attached hydrogens (tertiary/aromatic N) is 1. The van der Waals surface area contributed by atoms with Crippen molar-refractivity contribution in [3.05, 3.63) is 90.8 Å². The van der Waals surface area contributed by atoms with Crippen molar-refractivity contribution in [2.24, 2.45) is 0 Å². The van der Waals surface area contributed by atoms with E-state index in [0.717, 1.165) is 11.9 Å². The van der Waals surface area contributed by atoms with Crippen molar-refractivity contribution in [1.29, 1.82) is 0 Å². The molecule has 0 unspecified atom stereocenters. The SMILES string of the molecule is CC(C)(C)[Si](C)(C)O[C@@H](CP(c1ccccc1)c1ccccc1)c1ccccn1. The molecule has 0 N–H and O–H groups in total. The van der Waals surface area contributed by atoms with Crippen LogP contribution in [0.15, 0.2) is 85.1 Å². The van der Waals surface area contributed by atoms with Crippen LogP contribution in [0, 0.1) is 0 Å². The van der Waals surface area contributed by atoms with Crippen LogP contribution in [0.3, 0.4) is 0 Å². The van der Waals surface area contributed by atoms with Gasteiger partial charge < -0.3 is 4.43 Å². The van der Waals surface area contributed by atoms with E-state index in [1.54, 1.807) is 0 Å². The molecule has 0 saturated heterocycles. The van der Waals surface area contributed by atoms with Gasteiger partial charge in [0.1, 0.15) is 0 Å². The van der Waals surface area contributed by atoms with Crippen molar-refractivity contribution >= 4 is 26.8 Å². The van der Waals surface area contributed by atoms with Crippen molar-refractivity contribution in [2.75, 3.05) is 6.16 Å². The molecule has 2 aromatic carbocycles. The van der Waals surface area contributed by atoms with Crippen LogP contribution in [-0.2, 0) is 4.43 Å². The molecule has 0 saturated carbocycles. The molecular formula is C25H32NOPSi. The highest BCUT2D eigenvalue weighted by molar-refractivity contribution is 7.73. The third-order valence-electron chi connectivity index (χ3n) is 5.74. The van der Waals surface area contributed by atoms with Crippen molar-refractivity contribution in [3.8, 4) is 0 Å². The first-order chi connectivity index (χ1) is 13.8. The average molecular weight is 422 g/mol. The van der Waals surface area contributed by atoms with Gasteiger partial charge in [0.05, 0.1) is 11.8 Å². The molecular weight excluding hydrogens is 389 g/mol. The molecule has 152 valence electrons. The summed E-state index contributed by atoms with van der Waals surface area (Å²) in [5.74, 6) is 0. The summed E-state index contributed by atoms with van der Waals surface area (Å²) in [6.45, 7) is 11.6. The zero-order valence-corrected chi connectivity index (χ0v) is 20.1. The van der Waals surface area contributed by atoms with E-state index in [1.165, 1.54) is 10.6 Å². The first-order valence-electron chi connectivity index (χ1n) is 10.2. The van der Waals surface area contributed by atoms with Gasteiger partial charge in [0.15, 0.2) is 8.32 Å². The van der Waals surface area contributed by atoms with E-state index in [2.05, 4.69) is 107 Å². The number of hydrogen-bond acceptors (Lipinski definition) is 2. The Kier molecular flexibility index (Phi) is 7.05. The topological polar surface area (TPSA) is 22.1 Å². The molecule has 0 aliphatic carbocycles. The van der Waals surface area contributed by atoms with E-state index in [1.807, 2.05) is 12.3 Å². The second-order valence-corrected chi connectivity index (χ2v) is 15.9. The fraction of sp³-hybridized carbons (Fsp3) is 0.320. The van der Waals surface area contributed by atoms with Gasteiger partial charge in [0, 0.05) is 12.4 Å². The maximum absolute atomic E-state index is 6.95. The molecule has 0 amide bonds. The van der Waals surface area contributed by atoms with Crippen LogP contribution in [0.25, 0.3) is 0 Å². The molecule has 2 nitrogen and oxygen atoms in total. The summed E-state index contributed by atoms with van der Waals surface area (Å²) in [6, 6.07) is 27.9. The Labute approximate surface area is 178 Å². The molecule has 0 fully saturated rings. The summed E-state index contributed by atoms with van der Waals surface area (Å²) in [5, 5.41) is 2.92. The molecule has 3 aromatic rings. The summed E-state index contributed by atoms with van der Waals surface area (Å²) < 4.78 is 6.95. The van der Waals surface area contributed by atoms with Crippen molar-refractivity contribution < 1.29 is 4.43 Å². The van der Waals surface area contributed by atoms with Gasteiger partial charge in [-0.1, -0.05) is 87.5 Å². The average Bonchev–Trinajstić information content (AvgIpc) is 2.72. The first kappa shape index (κ1) is 21.9. The molecule has 1 atom stereocenters. The number of aromatic nitrogens is 1. The van der Waals surface area contributed by atoms with E-state index in [-0.39, 0.29) is 11.1 Å². The third kappa shape index (κ3) is 5.63. The van der Waals surface area contributed by atoms with Crippen molar-refractivity contribution in [1.82, 2.24) is 4.98 Å². The highest BCUT2D eigenvalue weighted by Crippen LogP contribution is 2.44. The smallest absolute Gasteiger partial charge is 0.193 e. The molecule has 0 radical (unpaired) electrons.